The van der Waals surface area contributed by atoms with E-state index in [1.54, 1.807) is 0 Å². The van der Waals surface area contributed by atoms with Crippen LogP contribution in [0.5, 0.6) is 5.75 Å². The first-order valence-corrected chi connectivity index (χ1v) is 6.99. The third-order valence-electron chi connectivity index (χ3n) is 2.34. The molecule has 1 aromatic heterocycles. The van der Waals surface area contributed by atoms with Crippen LogP contribution in [-0.2, 0) is 0 Å². The van der Waals surface area contributed by atoms with Crippen molar-refractivity contribution in [2.24, 2.45) is 0 Å². The molecule has 0 aliphatic carbocycles. The molecule has 80 valence electrons. The van der Waals surface area contributed by atoms with Crippen molar-refractivity contribution >= 4 is 24.4 Å². The zero-order valence-corrected chi connectivity index (χ0v) is 10.6. The molecule has 3 heteroatoms. The first-order chi connectivity index (χ1) is 7.40. The maximum absolute atomic E-state index is 5.69. The van der Waals surface area contributed by atoms with Crippen LogP contribution in [-0.4, -0.2) is 25.3 Å². The van der Waals surface area contributed by atoms with Gasteiger partial charge < -0.3 is 0 Å². The van der Waals surface area contributed by atoms with E-state index in [1.807, 2.05) is 12.3 Å². The summed E-state index contributed by atoms with van der Waals surface area (Å²) in [4.78, 5) is 0. The summed E-state index contributed by atoms with van der Waals surface area (Å²) in [5.41, 5.74) is 0. The van der Waals surface area contributed by atoms with Crippen molar-refractivity contribution in [1.29, 1.82) is 0 Å². The Morgan fingerprint density at radius 1 is 1.33 bits per heavy atom. The topological polar surface area (TPSA) is 22.1 Å². The number of unbranched alkanes of at least 4 members (excludes halogenated alkanes) is 2. The SMILES string of the molecule is CCCCCOc1ccc2cn[se]c2c1. The van der Waals surface area contributed by atoms with Gasteiger partial charge in [0.05, 0.1) is 0 Å². The standard InChI is InChI=1S/C12H15NOSe/c1-2-3-4-7-14-11-6-5-10-9-13-15-12(10)8-11/h5-6,8-9H,2-4,7H2,1H3. The van der Waals surface area contributed by atoms with Gasteiger partial charge in [0.15, 0.2) is 0 Å². The van der Waals surface area contributed by atoms with Crippen LogP contribution >= 0.6 is 0 Å². The molecule has 15 heavy (non-hydrogen) atoms. The Morgan fingerprint density at radius 2 is 2.27 bits per heavy atom. The van der Waals surface area contributed by atoms with E-state index in [1.165, 1.54) is 22.5 Å². The van der Waals surface area contributed by atoms with E-state index in [-0.39, 0.29) is 14.7 Å². The summed E-state index contributed by atoms with van der Waals surface area (Å²) in [6.07, 6.45) is 5.59. The molecule has 2 rings (SSSR count). The molecule has 0 atom stereocenters. The Morgan fingerprint density at radius 3 is 3.13 bits per heavy atom. The van der Waals surface area contributed by atoms with Crippen LogP contribution in [0.2, 0.25) is 0 Å². The van der Waals surface area contributed by atoms with Crippen molar-refractivity contribution in [1.82, 2.24) is 3.98 Å². The van der Waals surface area contributed by atoms with Crippen LogP contribution in [0.1, 0.15) is 26.2 Å². The van der Waals surface area contributed by atoms with Gasteiger partial charge in [0.1, 0.15) is 0 Å². The van der Waals surface area contributed by atoms with E-state index < -0.39 is 0 Å². The van der Waals surface area contributed by atoms with Crippen LogP contribution in [0.3, 0.4) is 0 Å². The second-order valence-electron chi connectivity index (χ2n) is 3.58. The van der Waals surface area contributed by atoms with Crippen LogP contribution in [0.4, 0.5) is 0 Å². The van der Waals surface area contributed by atoms with E-state index in [2.05, 4.69) is 23.0 Å². The second-order valence-corrected chi connectivity index (χ2v) is 5.33. The van der Waals surface area contributed by atoms with Crippen molar-refractivity contribution in [3.8, 4) is 5.75 Å². The van der Waals surface area contributed by atoms with Crippen molar-refractivity contribution < 1.29 is 4.74 Å². The molecule has 1 heterocycles. The Kier molecular flexibility index (Phi) is 3.81. The van der Waals surface area contributed by atoms with Crippen molar-refractivity contribution in [2.75, 3.05) is 6.61 Å². The zero-order valence-electron chi connectivity index (χ0n) is 8.90. The normalized spacial score (nSPS) is 10.7. The molecule has 1 aromatic carbocycles. The number of hydrogen-bond acceptors (Lipinski definition) is 2. The van der Waals surface area contributed by atoms with Gasteiger partial charge in [0.25, 0.3) is 0 Å². The van der Waals surface area contributed by atoms with E-state index >= 15 is 0 Å². The maximum atomic E-state index is 5.69. The van der Waals surface area contributed by atoms with Gasteiger partial charge in [-0.2, -0.15) is 0 Å². The fourth-order valence-corrected chi connectivity index (χ4v) is 2.89. The van der Waals surface area contributed by atoms with Crippen molar-refractivity contribution in [2.45, 2.75) is 26.2 Å². The van der Waals surface area contributed by atoms with Gasteiger partial charge in [0, 0.05) is 0 Å². The van der Waals surface area contributed by atoms with E-state index in [4.69, 9.17) is 4.74 Å². The molecule has 0 bridgehead atoms. The van der Waals surface area contributed by atoms with E-state index in [0.29, 0.717) is 0 Å². The molecule has 2 aromatic rings. The molecule has 0 radical (unpaired) electrons. The fraction of sp³-hybridized carbons (Fsp3) is 0.417. The van der Waals surface area contributed by atoms with E-state index in [9.17, 15) is 0 Å². The third-order valence-corrected chi connectivity index (χ3v) is 3.94. The molecule has 0 aliphatic rings. The predicted octanol–water partition coefficient (Wildman–Crippen LogP) is 2.86. The van der Waals surface area contributed by atoms with Gasteiger partial charge in [-0.05, 0) is 0 Å². The number of ether oxygens (including phenoxy) is 1. The van der Waals surface area contributed by atoms with Crippen molar-refractivity contribution in [3.63, 3.8) is 0 Å². The molecular formula is C12H15NOSe. The molecule has 0 amide bonds. The van der Waals surface area contributed by atoms with Crippen LogP contribution in [0, 0.1) is 0 Å². The first kappa shape index (κ1) is 10.7. The Hall–Kier alpha value is -0.791. The molecule has 0 spiro atoms. The summed E-state index contributed by atoms with van der Waals surface area (Å²) >= 11 is 0.276. The van der Waals surface area contributed by atoms with Gasteiger partial charge >= 0.3 is 96.0 Å². The summed E-state index contributed by atoms with van der Waals surface area (Å²) < 4.78 is 11.3. The first-order valence-electron chi connectivity index (χ1n) is 5.37. The van der Waals surface area contributed by atoms with Crippen LogP contribution in [0.15, 0.2) is 24.4 Å². The van der Waals surface area contributed by atoms with Crippen LogP contribution in [0.25, 0.3) is 9.65 Å². The average molecular weight is 268 g/mol. The Labute approximate surface area is 96.2 Å². The molecular weight excluding hydrogens is 253 g/mol. The Balaban J connectivity index is 1.96. The zero-order chi connectivity index (χ0) is 10.5. The number of rotatable bonds is 5. The minimum atomic E-state index is 0.276. The fourth-order valence-electron chi connectivity index (χ4n) is 1.47. The number of benzene rings is 1. The molecule has 0 saturated carbocycles. The average Bonchev–Trinajstić information content (AvgIpc) is 2.71. The van der Waals surface area contributed by atoms with E-state index in [0.717, 1.165) is 18.8 Å². The molecule has 0 fully saturated rings. The number of hydrogen-bond donors (Lipinski definition) is 0. The van der Waals surface area contributed by atoms with Crippen molar-refractivity contribution in [3.05, 3.63) is 24.4 Å². The van der Waals surface area contributed by atoms with Gasteiger partial charge in [-0.1, -0.05) is 0 Å². The molecule has 0 unspecified atom stereocenters. The monoisotopic (exact) mass is 269 g/mol. The van der Waals surface area contributed by atoms with Gasteiger partial charge in [0.2, 0.25) is 0 Å². The second kappa shape index (κ2) is 5.34. The summed E-state index contributed by atoms with van der Waals surface area (Å²) in [7, 11) is 0. The minimum absolute atomic E-state index is 0.276. The summed E-state index contributed by atoms with van der Waals surface area (Å²) in [5.74, 6) is 0.997. The molecule has 0 aliphatic heterocycles. The molecule has 0 saturated heterocycles. The quantitative estimate of drug-likeness (QED) is 0.614. The van der Waals surface area contributed by atoms with Gasteiger partial charge in [-0.15, -0.1) is 0 Å². The molecule has 0 N–H and O–H groups in total. The predicted molar refractivity (Wildman–Crippen MR) is 63.7 cm³/mol. The van der Waals surface area contributed by atoms with Crippen LogP contribution < -0.4 is 4.74 Å². The summed E-state index contributed by atoms with van der Waals surface area (Å²) in [6, 6.07) is 6.27. The number of fused-ring (bicyclic) bond motifs is 1. The summed E-state index contributed by atoms with van der Waals surface area (Å²) in [5, 5.41) is 1.26. The number of nitrogens with zero attached hydrogens (tertiary/aromatic N) is 1. The summed E-state index contributed by atoms with van der Waals surface area (Å²) in [6.45, 7) is 3.04. The Bertz CT molecular complexity index is 424. The number of aromatic nitrogens is 1. The van der Waals surface area contributed by atoms with Gasteiger partial charge in [-0.3, -0.25) is 0 Å². The third kappa shape index (κ3) is 2.83. The molecule has 2 nitrogen and oxygen atoms in total. The van der Waals surface area contributed by atoms with Gasteiger partial charge in [-0.25, -0.2) is 0 Å².